The van der Waals surface area contributed by atoms with Gasteiger partial charge in [0.15, 0.2) is 15.7 Å². The molecule has 2 aliphatic rings. The standard InChI is InChI=1S/C22H26F3N3O3S/c23-8-10-28-9-7-21(27-28)26-22(29)18(11-14-12-19(24)20(25)13-14)15-1-3-16(4-2-15)32(30,31)17-5-6-17/h1-4,7,9,14,17-20H,5-6,8,10-13H2,(H,26,27,29)/t14-,18-,19+,20-/m1/s1. The Balaban J connectivity index is 1.54. The molecule has 1 aromatic carbocycles. The summed E-state index contributed by atoms with van der Waals surface area (Å²) in [5, 5.41) is 6.44. The second-order valence-corrected chi connectivity index (χ2v) is 10.8. The zero-order valence-electron chi connectivity index (χ0n) is 17.5. The lowest BCUT2D eigenvalue weighted by atomic mass is 9.87. The van der Waals surface area contributed by atoms with Gasteiger partial charge in [-0.1, -0.05) is 12.1 Å². The number of benzene rings is 1. The van der Waals surface area contributed by atoms with Gasteiger partial charge in [-0.25, -0.2) is 21.6 Å². The molecule has 4 rings (SSSR count). The van der Waals surface area contributed by atoms with E-state index in [9.17, 15) is 26.4 Å². The third kappa shape index (κ3) is 5.00. The minimum Gasteiger partial charge on any atom is -0.309 e. The Kier molecular flexibility index (Phi) is 6.60. The number of amides is 1. The average molecular weight is 470 g/mol. The number of alkyl halides is 3. The molecular formula is C22H26F3N3O3S. The summed E-state index contributed by atoms with van der Waals surface area (Å²) < 4.78 is 66.2. The number of carbonyl (C=O) groups excluding carboxylic acids is 1. The van der Waals surface area contributed by atoms with Gasteiger partial charge in [-0.3, -0.25) is 9.48 Å². The molecule has 1 amide bonds. The number of nitrogens with one attached hydrogen (secondary N) is 1. The summed E-state index contributed by atoms with van der Waals surface area (Å²) in [7, 11) is -3.36. The predicted molar refractivity (Wildman–Crippen MR) is 113 cm³/mol. The number of hydrogen-bond donors (Lipinski definition) is 1. The van der Waals surface area contributed by atoms with Crippen molar-refractivity contribution in [2.24, 2.45) is 5.92 Å². The molecule has 0 radical (unpaired) electrons. The molecule has 1 heterocycles. The largest absolute Gasteiger partial charge is 0.309 e. The first-order valence-electron chi connectivity index (χ1n) is 10.8. The van der Waals surface area contributed by atoms with Crippen LogP contribution in [0.15, 0.2) is 41.4 Å². The molecule has 0 bridgehead atoms. The molecule has 174 valence electrons. The molecule has 32 heavy (non-hydrogen) atoms. The topological polar surface area (TPSA) is 81.1 Å². The van der Waals surface area contributed by atoms with Gasteiger partial charge in [0.2, 0.25) is 5.91 Å². The van der Waals surface area contributed by atoms with Gasteiger partial charge in [-0.05, 0) is 55.7 Å². The zero-order valence-corrected chi connectivity index (χ0v) is 18.3. The summed E-state index contributed by atoms with van der Waals surface area (Å²) in [6.45, 7) is -0.529. The van der Waals surface area contributed by atoms with E-state index in [1.165, 1.54) is 16.8 Å². The Hall–Kier alpha value is -2.36. The highest BCUT2D eigenvalue weighted by atomic mass is 32.2. The van der Waals surface area contributed by atoms with Crippen molar-refractivity contribution in [1.82, 2.24) is 9.78 Å². The number of anilines is 1. The monoisotopic (exact) mass is 469 g/mol. The molecule has 2 fully saturated rings. The van der Waals surface area contributed by atoms with Crippen LogP contribution in [0.25, 0.3) is 0 Å². The van der Waals surface area contributed by atoms with Crippen molar-refractivity contribution >= 4 is 21.6 Å². The molecule has 6 nitrogen and oxygen atoms in total. The van der Waals surface area contributed by atoms with Crippen LogP contribution in [0.3, 0.4) is 0 Å². The molecule has 0 spiro atoms. The van der Waals surface area contributed by atoms with E-state index in [2.05, 4.69) is 10.4 Å². The van der Waals surface area contributed by atoms with Crippen LogP contribution >= 0.6 is 0 Å². The third-order valence-electron chi connectivity index (χ3n) is 6.17. The van der Waals surface area contributed by atoms with Gasteiger partial charge in [0.05, 0.1) is 22.6 Å². The lowest BCUT2D eigenvalue weighted by molar-refractivity contribution is -0.118. The summed E-state index contributed by atoms with van der Waals surface area (Å²) in [6.07, 6.45) is 0.0971. The third-order valence-corrected chi connectivity index (χ3v) is 8.45. The molecular weight excluding hydrogens is 443 g/mol. The number of aryl methyl sites for hydroxylation is 1. The summed E-state index contributed by atoms with van der Waals surface area (Å²) in [5.41, 5.74) is 0.568. The second kappa shape index (κ2) is 9.25. The number of carbonyl (C=O) groups is 1. The fraction of sp³-hybridized carbons (Fsp3) is 0.545. The summed E-state index contributed by atoms with van der Waals surface area (Å²) in [4.78, 5) is 13.3. The van der Waals surface area contributed by atoms with E-state index in [0.717, 1.165) is 0 Å². The van der Waals surface area contributed by atoms with E-state index in [-0.39, 0.29) is 47.7 Å². The van der Waals surface area contributed by atoms with Gasteiger partial charge in [0.25, 0.3) is 0 Å². The maximum Gasteiger partial charge on any atom is 0.233 e. The zero-order chi connectivity index (χ0) is 22.9. The van der Waals surface area contributed by atoms with E-state index in [1.807, 2.05) is 0 Å². The maximum atomic E-state index is 13.7. The van der Waals surface area contributed by atoms with E-state index in [1.54, 1.807) is 24.4 Å². The molecule has 1 aromatic heterocycles. The minimum absolute atomic E-state index is 0.0458. The van der Waals surface area contributed by atoms with Gasteiger partial charge in [0, 0.05) is 12.3 Å². The van der Waals surface area contributed by atoms with Gasteiger partial charge < -0.3 is 5.32 Å². The first-order chi connectivity index (χ1) is 15.3. The van der Waals surface area contributed by atoms with Gasteiger partial charge in [-0.2, -0.15) is 5.10 Å². The van der Waals surface area contributed by atoms with E-state index in [4.69, 9.17) is 0 Å². The van der Waals surface area contributed by atoms with Gasteiger partial charge in [-0.15, -0.1) is 0 Å². The average Bonchev–Trinajstić information content (AvgIpc) is 3.47. The fourth-order valence-corrected chi connectivity index (χ4v) is 5.92. The Labute approximate surface area is 185 Å². The first-order valence-corrected chi connectivity index (χ1v) is 12.3. The Morgan fingerprint density at radius 3 is 2.38 bits per heavy atom. The van der Waals surface area contributed by atoms with Crippen molar-refractivity contribution in [3.05, 3.63) is 42.1 Å². The van der Waals surface area contributed by atoms with Crippen LogP contribution in [0.1, 0.15) is 43.6 Å². The molecule has 4 atom stereocenters. The summed E-state index contributed by atoms with van der Waals surface area (Å²) >= 11 is 0. The van der Waals surface area contributed by atoms with E-state index < -0.39 is 40.7 Å². The SMILES string of the molecule is O=C(Nc1ccn(CCF)n1)[C@H](C[C@H]1C[C@@H](F)[C@@H](F)C1)c1ccc(S(=O)(=O)C2CC2)cc1. The first kappa shape index (κ1) is 22.8. The van der Waals surface area contributed by atoms with Crippen molar-refractivity contribution in [1.29, 1.82) is 0 Å². The van der Waals surface area contributed by atoms with Gasteiger partial charge in [0.1, 0.15) is 19.0 Å². The van der Waals surface area contributed by atoms with Crippen LogP contribution in [0.2, 0.25) is 0 Å². The number of rotatable bonds is 9. The van der Waals surface area contributed by atoms with Crippen molar-refractivity contribution in [3.63, 3.8) is 0 Å². The highest BCUT2D eigenvalue weighted by Crippen LogP contribution is 2.39. The number of hydrogen-bond acceptors (Lipinski definition) is 4. The van der Waals surface area contributed by atoms with Crippen molar-refractivity contribution in [2.75, 3.05) is 12.0 Å². The van der Waals surface area contributed by atoms with Crippen LogP contribution in [0.5, 0.6) is 0 Å². The highest BCUT2D eigenvalue weighted by molar-refractivity contribution is 7.92. The molecule has 2 aromatic rings. The summed E-state index contributed by atoms with van der Waals surface area (Å²) in [6, 6.07) is 7.71. The second-order valence-electron chi connectivity index (χ2n) is 8.61. The molecule has 0 unspecified atom stereocenters. The molecule has 2 aliphatic carbocycles. The molecule has 1 N–H and O–H groups in total. The number of sulfone groups is 1. The van der Waals surface area contributed by atoms with Gasteiger partial charge >= 0.3 is 0 Å². The smallest absolute Gasteiger partial charge is 0.233 e. The number of aromatic nitrogens is 2. The Morgan fingerprint density at radius 2 is 1.78 bits per heavy atom. The molecule has 0 aliphatic heterocycles. The van der Waals surface area contributed by atoms with Crippen LogP contribution in [0.4, 0.5) is 19.0 Å². The normalized spacial score (nSPS) is 24.4. The highest BCUT2D eigenvalue weighted by Gasteiger charge is 2.38. The van der Waals surface area contributed by atoms with E-state index in [0.29, 0.717) is 18.4 Å². The lowest BCUT2D eigenvalue weighted by Crippen LogP contribution is -2.24. The Bertz CT molecular complexity index is 1040. The van der Waals surface area contributed by atoms with Crippen LogP contribution in [0, 0.1) is 5.92 Å². The minimum atomic E-state index is -3.36. The predicted octanol–water partition coefficient (Wildman–Crippen LogP) is 3.99. The van der Waals surface area contributed by atoms with Crippen molar-refractivity contribution < 1.29 is 26.4 Å². The van der Waals surface area contributed by atoms with Crippen LogP contribution < -0.4 is 5.32 Å². The Morgan fingerprint density at radius 1 is 1.12 bits per heavy atom. The van der Waals surface area contributed by atoms with Crippen molar-refractivity contribution in [3.8, 4) is 0 Å². The van der Waals surface area contributed by atoms with Crippen LogP contribution in [-0.4, -0.2) is 48.4 Å². The quantitative estimate of drug-likeness (QED) is 0.602. The van der Waals surface area contributed by atoms with Crippen LogP contribution in [-0.2, 0) is 21.2 Å². The summed E-state index contributed by atoms with van der Waals surface area (Å²) in [5.74, 6) is -1.21. The number of nitrogens with zero attached hydrogens (tertiary/aromatic N) is 2. The number of halogens is 3. The molecule has 0 saturated heterocycles. The molecule has 2 saturated carbocycles. The fourth-order valence-electron chi connectivity index (χ4n) is 4.26. The van der Waals surface area contributed by atoms with Crippen molar-refractivity contribution in [2.45, 2.75) is 67.1 Å². The molecule has 10 heteroatoms. The lowest BCUT2D eigenvalue weighted by Gasteiger charge is -2.20. The maximum absolute atomic E-state index is 13.7. The van der Waals surface area contributed by atoms with E-state index >= 15 is 0 Å².